The van der Waals surface area contributed by atoms with Crippen LogP contribution in [0.1, 0.15) is 23.5 Å². The Kier molecular flexibility index (Phi) is 4.53. The molecular formula is C13H18BrNO3S. The monoisotopic (exact) mass is 347 g/mol. The summed E-state index contributed by atoms with van der Waals surface area (Å²) in [6.07, 6.45) is 0.0265. The van der Waals surface area contributed by atoms with E-state index in [0.29, 0.717) is 23.7 Å². The minimum Gasteiger partial charge on any atom is -0.495 e. The van der Waals surface area contributed by atoms with Crippen LogP contribution in [0.2, 0.25) is 0 Å². The molecule has 1 aromatic heterocycles. The van der Waals surface area contributed by atoms with Crippen molar-refractivity contribution >= 4 is 33.2 Å². The molecule has 0 saturated carbocycles. The van der Waals surface area contributed by atoms with Gasteiger partial charge in [-0.25, -0.2) is 0 Å². The number of amides is 1. The fourth-order valence-electron chi connectivity index (χ4n) is 2.29. The van der Waals surface area contributed by atoms with Gasteiger partial charge in [-0.1, -0.05) is 15.9 Å². The van der Waals surface area contributed by atoms with Crippen LogP contribution < -0.4 is 4.74 Å². The van der Waals surface area contributed by atoms with Crippen molar-refractivity contribution in [1.82, 2.24) is 4.90 Å². The maximum atomic E-state index is 12.6. The lowest BCUT2D eigenvalue weighted by Crippen LogP contribution is -2.55. The highest BCUT2D eigenvalue weighted by Crippen LogP contribution is 2.29. The van der Waals surface area contributed by atoms with Gasteiger partial charge < -0.3 is 14.4 Å². The molecule has 2 rings (SSSR count). The molecule has 0 N–H and O–H groups in total. The molecule has 106 valence electrons. The van der Waals surface area contributed by atoms with Crippen LogP contribution in [-0.4, -0.2) is 48.0 Å². The van der Waals surface area contributed by atoms with Crippen molar-refractivity contribution in [2.75, 3.05) is 25.5 Å². The maximum absolute atomic E-state index is 12.6. The summed E-state index contributed by atoms with van der Waals surface area (Å²) in [5.74, 6) is 0.670. The van der Waals surface area contributed by atoms with E-state index in [9.17, 15) is 4.79 Å². The lowest BCUT2D eigenvalue weighted by Gasteiger charge is -2.42. The first-order valence-corrected chi connectivity index (χ1v) is 8.11. The lowest BCUT2D eigenvalue weighted by atomic mass is 10.1. The number of morpholine rings is 1. The van der Waals surface area contributed by atoms with Crippen molar-refractivity contribution in [3.8, 4) is 5.75 Å². The smallest absolute Gasteiger partial charge is 0.267 e. The Hall–Kier alpha value is -0.590. The minimum absolute atomic E-state index is 0.0224. The predicted octanol–water partition coefficient (Wildman–Crippen LogP) is 2.77. The van der Waals surface area contributed by atoms with Crippen LogP contribution >= 0.6 is 27.3 Å². The number of carbonyl (C=O) groups excluding carboxylic acids is 1. The molecule has 0 radical (unpaired) electrons. The van der Waals surface area contributed by atoms with E-state index < -0.39 is 0 Å². The molecule has 1 aliphatic rings. The van der Waals surface area contributed by atoms with Crippen molar-refractivity contribution in [1.29, 1.82) is 0 Å². The second-order valence-corrected chi connectivity index (χ2v) is 6.72. The summed E-state index contributed by atoms with van der Waals surface area (Å²) in [5, 5.41) is 2.60. The molecule has 6 heteroatoms. The third-order valence-corrected chi connectivity index (χ3v) is 4.59. The van der Waals surface area contributed by atoms with Crippen molar-refractivity contribution in [3.05, 3.63) is 16.3 Å². The van der Waals surface area contributed by atoms with Crippen molar-refractivity contribution in [2.24, 2.45) is 0 Å². The average molecular weight is 348 g/mol. The summed E-state index contributed by atoms with van der Waals surface area (Å²) >= 11 is 4.85. The second kappa shape index (κ2) is 5.81. The van der Waals surface area contributed by atoms with Gasteiger partial charge in [0.2, 0.25) is 0 Å². The second-order valence-electron chi connectivity index (χ2n) is 5.16. The van der Waals surface area contributed by atoms with Crippen molar-refractivity contribution in [3.63, 3.8) is 0 Å². The molecule has 0 aliphatic carbocycles. The summed E-state index contributed by atoms with van der Waals surface area (Å²) in [4.78, 5) is 15.1. The van der Waals surface area contributed by atoms with Crippen LogP contribution in [0.5, 0.6) is 5.75 Å². The molecule has 1 atom stereocenters. The molecule has 0 aromatic carbocycles. The van der Waals surface area contributed by atoms with Gasteiger partial charge in [0.15, 0.2) is 0 Å². The Morgan fingerprint density at radius 2 is 2.42 bits per heavy atom. The van der Waals surface area contributed by atoms with E-state index in [2.05, 4.69) is 15.9 Å². The first-order chi connectivity index (χ1) is 8.96. The third kappa shape index (κ3) is 3.30. The zero-order valence-corrected chi connectivity index (χ0v) is 13.7. The van der Waals surface area contributed by atoms with E-state index in [0.717, 1.165) is 5.33 Å². The summed E-state index contributed by atoms with van der Waals surface area (Å²) in [6, 6.07) is 1.82. The molecule has 2 heterocycles. The van der Waals surface area contributed by atoms with E-state index in [1.165, 1.54) is 11.3 Å². The quantitative estimate of drug-likeness (QED) is 0.789. The summed E-state index contributed by atoms with van der Waals surface area (Å²) < 4.78 is 11.1. The fourth-order valence-corrected chi connectivity index (χ4v) is 3.45. The molecule has 1 unspecified atom stereocenters. The van der Waals surface area contributed by atoms with Gasteiger partial charge in [0.05, 0.1) is 18.8 Å². The number of rotatable bonds is 3. The van der Waals surface area contributed by atoms with Crippen LogP contribution in [0.25, 0.3) is 0 Å². The predicted molar refractivity (Wildman–Crippen MR) is 79.5 cm³/mol. The lowest BCUT2D eigenvalue weighted by molar-refractivity contribution is -0.116. The van der Waals surface area contributed by atoms with Crippen LogP contribution in [0.3, 0.4) is 0 Å². The molecule has 19 heavy (non-hydrogen) atoms. The highest BCUT2D eigenvalue weighted by molar-refractivity contribution is 9.09. The Morgan fingerprint density at radius 1 is 1.68 bits per heavy atom. The van der Waals surface area contributed by atoms with Crippen LogP contribution in [0, 0.1) is 0 Å². The number of hydrogen-bond donors (Lipinski definition) is 0. The number of carbonyl (C=O) groups is 1. The highest BCUT2D eigenvalue weighted by atomic mass is 79.9. The SMILES string of the molecule is COc1ccsc1C(=O)N1CC(CBr)OC(C)(C)C1. The summed E-state index contributed by atoms with van der Waals surface area (Å²) in [7, 11) is 1.59. The van der Waals surface area contributed by atoms with Crippen LogP contribution in [0.4, 0.5) is 0 Å². The van der Waals surface area contributed by atoms with Crippen molar-refractivity contribution in [2.45, 2.75) is 25.6 Å². The van der Waals surface area contributed by atoms with E-state index in [-0.39, 0.29) is 17.6 Å². The van der Waals surface area contributed by atoms with Crippen LogP contribution in [-0.2, 0) is 4.74 Å². The Balaban J connectivity index is 2.18. The number of ether oxygens (including phenoxy) is 2. The highest BCUT2D eigenvalue weighted by Gasteiger charge is 2.36. The largest absolute Gasteiger partial charge is 0.495 e. The number of thiophene rings is 1. The van der Waals surface area contributed by atoms with Gasteiger partial charge in [0, 0.05) is 18.4 Å². The molecular weight excluding hydrogens is 330 g/mol. The minimum atomic E-state index is -0.323. The summed E-state index contributed by atoms with van der Waals surface area (Å²) in [5.41, 5.74) is -0.323. The molecule has 1 fully saturated rings. The van der Waals surface area contributed by atoms with Gasteiger partial charge in [0.1, 0.15) is 10.6 Å². The zero-order valence-electron chi connectivity index (χ0n) is 11.3. The number of hydrogen-bond acceptors (Lipinski definition) is 4. The molecule has 4 nitrogen and oxygen atoms in total. The standard InChI is InChI=1S/C13H18BrNO3S/c1-13(2)8-15(7-9(6-14)18-13)12(16)11-10(17-3)4-5-19-11/h4-5,9H,6-8H2,1-3H3. The first kappa shape index (κ1) is 14.8. The molecule has 0 spiro atoms. The molecule has 1 saturated heterocycles. The number of alkyl halides is 1. The fraction of sp³-hybridized carbons (Fsp3) is 0.615. The third-order valence-electron chi connectivity index (χ3n) is 2.98. The zero-order chi connectivity index (χ0) is 14.0. The van der Waals surface area contributed by atoms with Gasteiger partial charge in [-0.05, 0) is 25.3 Å². The average Bonchev–Trinajstić information content (AvgIpc) is 2.84. The molecule has 0 bridgehead atoms. The number of nitrogens with zero attached hydrogens (tertiary/aromatic N) is 1. The molecule has 1 aromatic rings. The Bertz CT molecular complexity index is 460. The molecule has 1 amide bonds. The van der Waals surface area contributed by atoms with Gasteiger partial charge >= 0.3 is 0 Å². The topological polar surface area (TPSA) is 38.8 Å². The van der Waals surface area contributed by atoms with E-state index in [1.807, 2.05) is 30.2 Å². The van der Waals surface area contributed by atoms with Crippen molar-refractivity contribution < 1.29 is 14.3 Å². The van der Waals surface area contributed by atoms with E-state index in [4.69, 9.17) is 9.47 Å². The van der Waals surface area contributed by atoms with Gasteiger partial charge in [0.25, 0.3) is 5.91 Å². The first-order valence-electron chi connectivity index (χ1n) is 6.11. The summed E-state index contributed by atoms with van der Waals surface area (Å²) in [6.45, 7) is 5.21. The maximum Gasteiger partial charge on any atom is 0.267 e. The van der Waals surface area contributed by atoms with Gasteiger partial charge in [-0.2, -0.15) is 0 Å². The Labute approximate surface area is 125 Å². The molecule has 1 aliphatic heterocycles. The van der Waals surface area contributed by atoms with Gasteiger partial charge in [-0.3, -0.25) is 4.79 Å². The van der Waals surface area contributed by atoms with Crippen LogP contribution in [0.15, 0.2) is 11.4 Å². The number of methoxy groups -OCH3 is 1. The van der Waals surface area contributed by atoms with Gasteiger partial charge in [-0.15, -0.1) is 11.3 Å². The van der Waals surface area contributed by atoms with E-state index >= 15 is 0 Å². The number of halogens is 1. The Morgan fingerprint density at radius 3 is 3.05 bits per heavy atom. The van der Waals surface area contributed by atoms with E-state index in [1.54, 1.807) is 7.11 Å². The normalized spacial score (nSPS) is 22.3.